The zero-order valence-electron chi connectivity index (χ0n) is 10.8. The van der Waals surface area contributed by atoms with Gasteiger partial charge in [-0.15, -0.1) is 0 Å². The molecule has 0 spiro atoms. The lowest BCUT2D eigenvalue weighted by Gasteiger charge is -2.21. The fraction of sp³-hybridized carbons (Fsp3) is 1.00. The van der Waals surface area contributed by atoms with Crippen molar-refractivity contribution in [3.63, 3.8) is 0 Å². The third kappa shape index (κ3) is 4.45. The SMILES string of the molecule is C1CCC(CNCCCC2CCCC2)CC1. The Morgan fingerprint density at radius 1 is 0.750 bits per heavy atom. The second-order valence-corrected chi connectivity index (χ2v) is 6.00. The van der Waals surface area contributed by atoms with Gasteiger partial charge < -0.3 is 5.32 Å². The van der Waals surface area contributed by atoms with E-state index in [9.17, 15) is 0 Å². The summed E-state index contributed by atoms with van der Waals surface area (Å²) in [6.45, 7) is 2.57. The zero-order chi connectivity index (χ0) is 11.1. The maximum Gasteiger partial charge on any atom is -0.00205 e. The van der Waals surface area contributed by atoms with E-state index in [1.807, 2.05) is 0 Å². The first-order valence-electron chi connectivity index (χ1n) is 7.66. The first-order chi connectivity index (χ1) is 7.95. The number of hydrogen-bond donors (Lipinski definition) is 1. The van der Waals surface area contributed by atoms with E-state index in [1.54, 1.807) is 0 Å². The van der Waals surface area contributed by atoms with Crippen LogP contribution in [0.5, 0.6) is 0 Å². The second kappa shape index (κ2) is 7.32. The van der Waals surface area contributed by atoms with Crippen LogP contribution >= 0.6 is 0 Å². The molecular weight excluding hydrogens is 194 g/mol. The Balaban J connectivity index is 1.42. The smallest absolute Gasteiger partial charge is 0.00205 e. The molecule has 16 heavy (non-hydrogen) atoms. The van der Waals surface area contributed by atoms with Crippen LogP contribution in [0.3, 0.4) is 0 Å². The van der Waals surface area contributed by atoms with Crippen molar-refractivity contribution in [1.82, 2.24) is 5.32 Å². The van der Waals surface area contributed by atoms with Crippen LogP contribution in [-0.4, -0.2) is 13.1 Å². The fourth-order valence-corrected chi connectivity index (χ4v) is 3.51. The van der Waals surface area contributed by atoms with Gasteiger partial charge in [0.1, 0.15) is 0 Å². The molecule has 0 aliphatic heterocycles. The highest BCUT2D eigenvalue weighted by Gasteiger charge is 2.15. The van der Waals surface area contributed by atoms with Crippen LogP contribution in [0.4, 0.5) is 0 Å². The Bertz CT molecular complexity index is 166. The van der Waals surface area contributed by atoms with Crippen molar-refractivity contribution < 1.29 is 0 Å². The molecule has 0 amide bonds. The molecule has 1 nitrogen and oxygen atoms in total. The van der Waals surface area contributed by atoms with Gasteiger partial charge in [0, 0.05) is 0 Å². The van der Waals surface area contributed by atoms with Gasteiger partial charge in [-0.25, -0.2) is 0 Å². The van der Waals surface area contributed by atoms with Gasteiger partial charge in [0.2, 0.25) is 0 Å². The van der Waals surface area contributed by atoms with Crippen LogP contribution in [-0.2, 0) is 0 Å². The summed E-state index contributed by atoms with van der Waals surface area (Å²) < 4.78 is 0. The maximum atomic E-state index is 3.68. The minimum absolute atomic E-state index is 1.00. The molecule has 0 saturated heterocycles. The highest BCUT2D eigenvalue weighted by Crippen LogP contribution is 2.28. The number of rotatable bonds is 6. The van der Waals surface area contributed by atoms with Crippen molar-refractivity contribution in [3.05, 3.63) is 0 Å². The molecule has 1 heteroatoms. The molecule has 0 atom stereocenters. The molecule has 0 aromatic rings. The lowest BCUT2D eigenvalue weighted by molar-refractivity contribution is 0.339. The third-order valence-electron chi connectivity index (χ3n) is 4.60. The topological polar surface area (TPSA) is 12.0 Å². The summed E-state index contributed by atoms with van der Waals surface area (Å²) in [7, 11) is 0. The molecule has 0 bridgehead atoms. The molecule has 2 saturated carbocycles. The molecule has 0 aromatic carbocycles. The van der Waals surface area contributed by atoms with Gasteiger partial charge in [-0.05, 0) is 50.6 Å². The van der Waals surface area contributed by atoms with E-state index in [2.05, 4.69) is 5.32 Å². The van der Waals surface area contributed by atoms with Crippen molar-refractivity contribution in [3.8, 4) is 0 Å². The van der Waals surface area contributed by atoms with E-state index >= 15 is 0 Å². The average molecular weight is 223 g/mol. The Kier molecular flexibility index (Phi) is 5.68. The Labute approximate surface area is 101 Å². The van der Waals surface area contributed by atoms with E-state index in [0.717, 1.165) is 11.8 Å². The van der Waals surface area contributed by atoms with Crippen molar-refractivity contribution in [2.75, 3.05) is 13.1 Å². The summed E-state index contributed by atoms with van der Waals surface area (Å²) in [5.74, 6) is 2.08. The van der Waals surface area contributed by atoms with E-state index in [4.69, 9.17) is 0 Å². The summed E-state index contributed by atoms with van der Waals surface area (Å²) in [6, 6.07) is 0. The van der Waals surface area contributed by atoms with Gasteiger partial charge in [0.05, 0.1) is 0 Å². The van der Waals surface area contributed by atoms with Crippen molar-refractivity contribution in [2.24, 2.45) is 11.8 Å². The normalized spacial score (nSPS) is 24.0. The van der Waals surface area contributed by atoms with Gasteiger partial charge in [-0.3, -0.25) is 0 Å². The fourth-order valence-electron chi connectivity index (χ4n) is 3.51. The molecular formula is C15H29N. The van der Waals surface area contributed by atoms with Gasteiger partial charge in [-0.2, -0.15) is 0 Å². The summed E-state index contributed by atoms with van der Waals surface area (Å²) in [5.41, 5.74) is 0. The number of hydrogen-bond acceptors (Lipinski definition) is 1. The van der Waals surface area contributed by atoms with Crippen molar-refractivity contribution >= 4 is 0 Å². The van der Waals surface area contributed by atoms with E-state index in [1.165, 1.54) is 83.7 Å². The molecule has 0 unspecified atom stereocenters. The Morgan fingerprint density at radius 3 is 2.12 bits per heavy atom. The van der Waals surface area contributed by atoms with Crippen LogP contribution in [0.15, 0.2) is 0 Å². The monoisotopic (exact) mass is 223 g/mol. The molecule has 0 radical (unpaired) electrons. The highest BCUT2D eigenvalue weighted by atomic mass is 14.9. The lowest BCUT2D eigenvalue weighted by Crippen LogP contribution is -2.25. The first-order valence-corrected chi connectivity index (χ1v) is 7.66. The highest BCUT2D eigenvalue weighted by molar-refractivity contribution is 4.70. The summed E-state index contributed by atoms with van der Waals surface area (Å²) in [6.07, 6.45) is 16.3. The standard InChI is InChI=1S/C15H29N/c1-2-9-15(10-3-1)13-16-12-6-11-14-7-4-5-8-14/h14-16H,1-13H2. The predicted octanol–water partition coefficient (Wildman–Crippen LogP) is 4.13. The molecule has 2 rings (SSSR count). The minimum atomic E-state index is 1.00. The van der Waals surface area contributed by atoms with Crippen LogP contribution in [0, 0.1) is 11.8 Å². The molecule has 2 aliphatic carbocycles. The average Bonchev–Trinajstić information content (AvgIpc) is 2.83. The van der Waals surface area contributed by atoms with Gasteiger partial charge in [0.25, 0.3) is 0 Å². The summed E-state index contributed by atoms with van der Waals surface area (Å²) in [5, 5.41) is 3.68. The van der Waals surface area contributed by atoms with Gasteiger partial charge in [0.15, 0.2) is 0 Å². The maximum absolute atomic E-state index is 3.68. The molecule has 2 aliphatic rings. The van der Waals surface area contributed by atoms with Crippen molar-refractivity contribution in [1.29, 1.82) is 0 Å². The van der Waals surface area contributed by atoms with E-state index in [-0.39, 0.29) is 0 Å². The molecule has 0 aromatic heterocycles. The summed E-state index contributed by atoms with van der Waals surface area (Å²) in [4.78, 5) is 0. The second-order valence-electron chi connectivity index (χ2n) is 6.00. The quantitative estimate of drug-likeness (QED) is 0.668. The first kappa shape index (κ1) is 12.4. The third-order valence-corrected chi connectivity index (χ3v) is 4.60. The molecule has 2 fully saturated rings. The summed E-state index contributed by atoms with van der Waals surface area (Å²) >= 11 is 0. The van der Waals surface area contributed by atoms with Crippen LogP contribution in [0.2, 0.25) is 0 Å². The van der Waals surface area contributed by atoms with E-state index in [0.29, 0.717) is 0 Å². The lowest BCUT2D eigenvalue weighted by atomic mass is 9.89. The Hall–Kier alpha value is -0.0400. The number of nitrogens with one attached hydrogen (secondary N) is 1. The van der Waals surface area contributed by atoms with E-state index < -0.39 is 0 Å². The predicted molar refractivity (Wildman–Crippen MR) is 70.6 cm³/mol. The van der Waals surface area contributed by atoms with Crippen LogP contribution in [0.25, 0.3) is 0 Å². The molecule has 1 N–H and O–H groups in total. The zero-order valence-corrected chi connectivity index (χ0v) is 10.8. The van der Waals surface area contributed by atoms with Gasteiger partial charge >= 0.3 is 0 Å². The van der Waals surface area contributed by atoms with Crippen molar-refractivity contribution in [2.45, 2.75) is 70.6 Å². The Morgan fingerprint density at radius 2 is 1.38 bits per heavy atom. The minimum Gasteiger partial charge on any atom is -0.316 e. The van der Waals surface area contributed by atoms with Crippen LogP contribution in [0.1, 0.15) is 70.6 Å². The van der Waals surface area contributed by atoms with Crippen LogP contribution < -0.4 is 5.32 Å². The van der Waals surface area contributed by atoms with Gasteiger partial charge in [-0.1, -0.05) is 44.9 Å². The largest absolute Gasteiger partial charge is 0.316 e. The molecule has 94 valence electrons. The molecule has 0 heterocycles.